The summed E-state index contributed by atoms with van der Waals surface area (Å²) in [5.41, 5.74) is -0.252. The van der Waals surface area contributed by atoms with E-state index >= 15 is 0 Å². The van der Waals surface area contributed by atoms with Crippen LogP contribution in [0.3, 0.4) is 0 Å². The minimum absolute atomic E-state index is 0.0316. The smallest absolute Gasteiger partial charge is 0.246 e. The summed E-state index contributed by atoms with van der Waals surface area (Å²) >= 11 is 0. The lowest BCUT2D eigenvalue weighted by Crippen LogP contribution is -2.66. The first-order valence-electron chi connectivity index (χ1n) is 7.49. The molecule has 2 rings (SSSR count). The Morgan fingerprint density at radius 2 is 1.95 bits per heavy atom. The van der Waals surface area contributed by atoms with Gasteiger partial charge in [0.15, 0.2) is 0 Å². The number of rotatable bonds is 2. The van der Waals surface area contributed by atoms with Crippen LogP contribution >= 0.6 is 0 Å². The number of carbonyl (C=O) groups excluding carboxylic acids is 2. The van der Waals surface area contributed by atoms with Crippen molar-refractivity contribution >= 4 is 11.8 Å². The lowest BCUT2D eigenvalue weighted by atomic mass is 9.83. The molecule has 2 saturated heterocycles. The number of hydrogen-bond acceptors (Lipinski definition) is 3. The van der Waals surface area contributed by atoms with E-state index in [-0.39, 0.29) is 23.3 Å². The van der Waals surface area contributed by atoms with Gasteiger partial charge < -0.3 is 15.1 Å². The lowest BCUT2D eigenvalue weighted by molar-refractivity contribution is -0.152. The monoisotopic (exact) mass is 281 g/mol. The van der Waals surface area contributed by atoms with Crippen molar-refractivity contribution in [3.8, 4) is 0 Å². The molecule has 0 radical (unpaired) electrons. The fraction of sp³-hybridized carbons (Fsp3) is 0.867. The molecule has 2 fully saturated rings. The highest BCUT2D eigenvalue weighted by Crippen LogP contribution is 2.26. The molecule has 0 bridgehead atoms. The van der Waals surface area contributed by atoms with Gasteiger partial charge in [-0.25, -0.2) is 0 Å². The molecule has 0 aromatic rings. The Bertz CT molecular complexity index is 402. The number of hydrogen-bond donors (Lipinski definition) is 1. The molecular weight excluding hydrogens is 254 g/mol. The molecule has 2 amide bonds. The van der Waals surface area contributed by atoms with Crippen LogP contribution in [0.5, 0.6) is 0 Å². The zero-order valence-corrected chi connectivity index (χ0v) is 13.3. The quantitative estimate of drug-likeness (QED) is 0.810. The topological polar surface area (TPSA) is 52.7 Å². The first-order valence-corrected chi connectivity index (χ1v) is 7.49. The van der Waals surface area contributed by atoms with Crippen molar-refractivity contribution in [3.63, 3.8) is 0 Å². The van der Waals surface area contributed by atoms with Gasteiger partial charge in [-0.15, -0.1) is 0 Å². The van der Waals surface area contributed by atoms with Crippen LogP contribution in [0.1, 0.15) is 34.1 Å². The van der Waals surface area contributed by atoms with Crippen molar-refractivity contribution in [3.05, 3.63) is 0 Å². The van der Waals surface area contributed by atoms with Crippen molar-refractivity contribution in [1.29, 1.82) is 0 Å². The van der Waals surface area contributed by atoms with E-state index in [9.17, 15) is 9.59 Å². The average Bonchev–Trinajstić information content (AvgIpc) is 2.73. The molecule has 2 heterocycles. The molecule has 5 nitrogen and oxygen atoms in total. The zero-order valence-electron chi connectivity index (χ0n) is 13.3. The largest absolute Gasteiger partial charge is 0.342 e. The first-order chi connectivity index (χ1) is 9.20. The standard InChI is InChI=1S/C15H27N3O2/c1-10-13(19)16-12(15(2,3)4)14(20)18(10)9-11-6-7-17(5)8-11/h10-12H,6-9H2,1-5H3,(H,16,19). The van der Waals surface area contributed by atoms with E-state index in [4.69, 9.17) is 0 Å². The van der Waals surface area contributed by atoms with E-state index in [1.54, 1.807) is 4.90 Å². The van der Waals surface area contributed by atoms with E-state index < -0.39 is 6.04 Å². The van der Waals surface area contributed by atoms with Crippen LogP contribution in [0.2, 0.25) is 0 Å². The Hall–Kier alpha value is -1.10. The predicted octanol–water partition coefficient (Wildman–Crippen LogP) is 0.700. The second-order valence-electron chi connectivity index (χ2n) is 7.39. The summed E-state index contributed by atoms with van der Waals surface area (Å²) in [6.45, 7) is 10.6. The second kappa shape index (κ2) is 5.35. The normalized spacial score (nSPS) is 32.6. The SMILES string of the molecule is CC1C(=O)NC(C(C)(C)C)C(=O)N1CC1CCN(C)C1. The van der Waals surface area contributed by atoms with Crippen LogP contribution in [-0.2, 0) is 9.59 Å². The molecule has 3 unspecified atom stereocenters. The van der Waals surface area contributed by atoms with Crippen LogP contribution in [0.15, 0.2) is 0 Å². The van der Waals surface area contributed by atoms with Gasteiger partial charge in [-0.2, -0.15) is 0 Å². The second-order valence-corrected chi connectivity index (χ2v) is 7.39. The van der Waals surface area contributed by atoms with Crippen LogP contribution in [0.25, 0.3) is 0 Å². The molecule has 3 atom stereocenters. The van der Waals surface area contributed by atoms with E-state index in [1.807, 2.05) is 27.7 Å². The number of nitrogens with zero attached hydrogens (tertiary/aromatic N) is 2. The van der Waals surface area contributed by atoms with Gasteiger partial charge in [0.25, 0.3) is 0 Å². The Labute approximate surface area is 121 Å². The molecular formula is C15H27N3O2. The molecule has 2 aliphatic rings. The van der Waals surface area contributed by atoms with E-state index in [1.165, 1.54) is 0 Å². The highest BCUT2D eigenvalue weighted by atomic mass is 16.2. The molecule has 0 aromatic carbocycles. The van der Waals surface area contributed by atoms with Gasteiger partial charge in [-0.05, 0) is 38.3 Å². The summed E-state index contributed by atoms with van der Waals surface area (Å²) in [7, 11) is 2.10. The van der Waals surface area contributed by atoms with Gasteiger partial charge in [-0.1, -0.05) is 20.8 Å². The van der Waals surface area contributed by atoms with Crippen molar-refractivity contribution in [2.75, 3.05) is 26.7 Å². The molecule has 0 spiro atoms. The Morgan fingerprint density at radius 3 is 2.45 bits per heavy atom. The molecule has 0 aliphatic carbocycles. The lowest BCUT2D eigenvalue weighted by Gasteiger charge is -2.43. The molecule has 114 valence electrons. The van der Waals surface area contributed by atoms with Crippen molar-refractivity contribution in [2.24, 2.45) is 11.3 Å². The maximum atomic E-state index is 12.7. The number of nitrogens with one attached hydrogen (secondary N) is 1. The number of likely N-dealkylation sites (tertiary alicyclic amines) is 1. The van der Waals surface area contributed by atoms with Crippen LogP contribution in [0, 0.1) is 11.3 Å². The van der Waals surface area contributed by atoms with Crippen LogP contribution in [0.4, 0.5) is 0 Å². The minimum Gasteiger partial charge on any atom is -0.342 e. The average molecular weight is 281 g/mol. The summed E-state index contributed by atoms with van der Waals surface area (Å²) < 4.78 is 0. The van der Waals surface area contributed by atoms with E-state index in [2.05, 4.69) is 17.3 Å². The highest BCUT2D eigenvalue weighted by Gasteiger charge is 2.44. The van der Waals surface area contributed by atoms with Gasteiger partial charge in [0, 0.05) is 13.1 Å². The minimum atomic E-state index is -0.412. The van der Waals surface area contributed by atoms with Gasteiger partial charge >= 0.3 is 0 Å². The number of carbonyl (C=O) groups is 2. The van der Waals surface area contributed by atoms with E-state index in [0.717, 1.165) is 19.5 Å². The highest BCUT2D eigenvalue weighted by molar-refractivity contribution is 5.97. The predicted molar refractivity (Wildman–Crippen MR) is 78.2 cm³/mol. The van der Waals surface area contributed by atoms with Crippen molar-refractivity contribution < 1.29 is 9.59 Å². The van der Waals surface area contributed by atoms with Gasteiger partial charge in [0.05, 0.1) is 0 Å². The molecule has 2 aliphatic heterocycles. The molecule has 5 heteroatoms. The van der Waals surface area contributed by atoms with Crippen molar-refractivity contribution in [1.82, 2.24) is 15.1 Å². The Morgan fingerprint density at radius 1 is 1.30 bits per heavy atom. The molecule has 20 heavy (non-hydrogen) atoms. The fourth-order valence-corrected chi connectivity index (χ4v) is 3.11. The van der Waals surface area contributed by atoms with Crippen LogP contribution < -0.4 is 5.32 Å². The van der Waals surface area contributed by atoms with Crippen molar-refractivity contribution in [2.45, 2.75) is 46.2 Å². The van der Waals surface area contributed by atoms with Gasteiger partial charge in [0.1, 0.15) is 12.1 Å². The number of piperazine rings is 1. The first kappa shape index (κ1) is 15.3. The summed E-state index contributed by atoms with van der Waals surface area (Å²) in [6, 6.07) is -0.766. The summed E-state index contributed by atoms with van der Waals surface area (Å²) in [4.78, 5) is 28.9. The summed E-state index contributed by atoms with van der Waals surface area (Å²) in [6.07, 6.45) is 1.11. The zero-order chi connectivity index (χ0) is 15.1. The number of amides is 2. The van der Waals surface area contributed by atoms with Gasteiger partial charge in [0.2, 0.25) is 11.8 Å². The maximum absolute atomic E-state index is 12.7. The third-order valence-corrected chi connectivity index (χ3v) is 4.47. The molecule has 0 saturated carbocycles. The third-order valence-electron chi connectivity index (χ3n) is 4.47. The van der Waals surface area contributed by atoms with E-state index in [0.29, 0.717) is 12.5 Å². The van der Waals surface area contributed by atoms with Crippen LogP contribution in [-0.4, -0.2) is 60.4 Å². The third kappa shape index (κ3) is 2.97. The Balaban J connectivity index is 2.12. The fourth-order valence-electron chi connectivity index (χ4n) is 3.11. The Kier molecular flexibility index (Phi) is 4.09. The molecule has 1 N–H and O–H groups in total. The van der Waals surface area contributed by atoms with Gasteiger partial charge in [-0.3, -0.25) is 9.59 Å². The molecule has 0 aromatic heterocycles. The summed E-state index contributed by atoms with van der Waals surface area (Å²) in [5.74, 6) is 0.521. The summed E-state index contributed by atoms with van der Waals surface area (Å²) in [5, 5.41) is 2.88. The maximum Gasteiger partial charge on any atom is 0.246 e.